The van der Waals surface area contributed by atoms with Crippen LogP contribution in [0.3, 0.4) is 0 Å². The summed E-state index contributed by atoms with van der Waals surface area (Å²) < 4.78 is 5.72. The number of likely N-dealkylation sites (N-methyl/N-ethyl adjacent to an activating group) is 1. The summed E-state index contributed by atoms with van der Waals surface area (Å²) in [5.41, 5.74) is 1.48. The minimum atomic E-state index is 0.794. The molecule has 2 aliphatic carbocycles. The van der Waals surface area contributed by atoms with Crippen LogP contribution < -0.4 is 5.32 Å². The first-order valence-electron chi connectivity index (χ1n) is 8.28. The monoisotopic (exact) mass is 308 g/mol. The van der Waals surface area contributed by atoms with Gasteiger partial charge in [0.1, 0.15) is 0 Å². The number of rotatable bonds is 10. The Bertz CT molecular complexity index is 452. The van der Waals surface area contributed by atoms with Crippen LogP contribution in [0.5, 0.6) is 0 Å². The lowest BCUT2D eigenvalue weighted by molar-refractivity contribution is 0.102. The van der Waals surface area contributed by atoms with Gasteiger partial charge in [-0.05, 0) is 57.2 Å². The highest BCUT2D eigenvalue weighted by Gasteiger charge is 2.21. The SMILES string of the molecule is Cc1sc(CNC2CC2)cc1CN(C)CCOCC1CC1. The van der Waals surface area contributed by atoms with E-state index >= 15 is 0 Å². The number of hydrogen-bond donors (Lipinski definition) is 1. The summed E-state index contributed by atoms with van der Waals surface area (Å²) in [6.07, 6.45) is 5.48. The molecule has 2 saturated carbocycles. The summed E-state index contributed by atoms with van der Waals surface area (Å²) in [5.74, 6) is 0.871. The first-order chi connectivity index (χ1) is 10.2. The number of ether oxygens (including phenoxy) is 1. The van der Waals surface area contributed by atoms with Crippen LogP contribution in [0.4, 0.5) is 0 Å². The molecule has 1 aromatic rings. The lowest BCUT2D eigenvalue weighted by atomic mass is 10.2. The van der Waals surface area contributed by atoms with Crippen molar-refractivity contribution in [3.05, 3.63) is 21.4 Å². The molecule has 1 aromatic heterocycles. The summed E-state index contributed by atoms with van der Waals surface area (Å²) in [5, 5.41) is 3.60. The van der Waals surface area contributed by atoms with Gasteiger partial charge in [0.2, 0.25) is 0 Å². The van der Waals surface area contributed by atoms with Gasteiger partial charge in [0.15, 0.2) is 0 Å². The molecule has 0 atom stereocenters. The molecule has 0 bridgehead atoms. The van der Waals surface area contributed by atoms with Crippen LogP contribution in [-0.2, 0) is 17.8 Å². The van der Waals surface area contributed by atoms with Gasteiger partial charge in [0, 0.05) is 42.0 Å². The maximum atomic E-state index is 5.72. The third kappa shape index (κ3) is 5.37. The van der Waals surface area contributed by atoms with Gasteiger partial charge in [-0.3, -0.25) is 4.90 Å². The smallest absolute Gasteiger partial charge is 0.0593 e. The predicted molar refractivity (Wildman–Crippen MR) is 88.8 cm³/mol. The molecule has 0 aromatic carbocycles. The number of nitrogens with zero attached hydrogens (tertiary/aromatic N) is 1. The van der Waals surface area contributed by atoms with Crippen molar-refractivity contribution < 1.29 is 4.74 Å². The van der Waals surface area contributed by atoms with Gasteiger partial charge in [-0.2, -0.15) is 0 Å². The van der Waals surface area contributed by atoms with E-state index in [1.54, 1.807) is 0 Å². The van der Waals surface area contributed by atoms with Crippen LogP contribution in [0.2, 0.25) is 0 Å². The lowest BCUT2D eigenvalue weighted by Crippen LogP contribution is -2.23. The molecule has 21 heavy (non-hydrogen) atoms. The first kappa shape index (κ1) is 15.5. The Balaban J connectivity index is 1.37. The number of aryl methyl sites for hydroxylation is 1. The van der Waals surface area contributed by atoms with Gasteiger partial charge in [-0.25, -0.2) is 0 Å². The second-order valence-electron chi connectivity index (χ2n) is 6.71. The van der Waals surface area contributed by atoms with Crippen molar-refractivity contribution in [3.63, 3.8) is 0 Å². The maximum Gasteiger partial charge on any atom is 0.0593 e. The molecular formula is C17H28N2OS. The van der Waals surface area contributed by atoms with E-state index in [0.29, 0.717) is 0 Å². The number of hydrogen-bond acceptors (Lipinski definition) is 4. The van der Waals surface area contributed by atoms with E-state index in [1.807, 2.05) is 11.3 Å². The van der Waals surface area contributed by atoms with Gasteiger partial charge < -0.3 is 10.1 Å². The Morgan fingerprint density at radius 2 is 2.14 bits per heavy atom. The third-order valence-corrected chi connectivity index (χ3v) is 5.41. The summed E-state index contributed by atoms with van der Waals surface area (Å²) in [6, 6.07) is 3.18. The lowest BCUT2D eigenvalue weighted by Gasteiger charge is -2.16. The highest BCUT2D eigenvalue weighted by molar-refractivity contribution is 7.12. The van der Waals surface area contributed by atoms with Crippen molar-refractivity contribution >= 4 is 11.3 Å². The van der Waals surface area contributed by atoms with Crippen LogP contribution >= 0.6 is 11.3 Å². The van der Waals surface area contributed by atoms with Crippen LogP contribution in [0.1, 0.15) is 41.0 Å². The topological polar surface area (TPSA) is 24.5 Å². The average molecular weight is 308 g/mol. The second-order valence-corrected chi connectivity index (χ2v) is 8.05. The molecule has 0 radical (unpaired) electrons. The molecular weight excluding hydrogens is 280 g/mol. The average Bonchev–Trinajstić information content (AvgIpc) is 3.35. The Kier molecular flexibility index (Phi) is 5.33. The highest BCUT2D eigenvalue weighted by atomic mass is 32.1. The van der Waals surface area contributed by atoms with Crippen molar-refractivity contribution in [2.75, 3.05) is 26.8 Å². The Morgan fingerprint density at radius 1 is 1.33 bits per heavy atom. The van der Waals surface area contributed by atoms with Crippen LogP contribution in [-0.4, -0.2) is 37.7 Å². The number of thiophene rings is 1. The van der Waals surface area contributed by atoms with Crippen molar-refractivity contribution in [2.24, 2.45) is 5.92 Å². The molecule has 2 fully saturated rings. The fraction of sp³-hybridized carbons (Fsp3) is 0.765. The molecule has 0 saturated heterocycles. The van der Waals surface area contributed by atoms with E-state index < -0.39 is 0 Å². The molecule has 0 aliphatic heterocycles. The fourth-order valence-electron chi connectivity index (χ4n) is 2.49. The van der Waals surface area contributed by atoms with Gasteiger partial charge in [-0.1, -0.05) is 0 Å². The molecule has 118 valence electrons. The van der Waals surface area contributed by atoms with Crippen LogP contribution in [0.25, 0.3) is 0 Å². The standard InChI is InChI=1S/C17H28N2OS/c1-13-15(9-17(21-13)10-18-16-5-6-16)11-19(2)7-8-20-12-14-3-4-14/h9,14,16,18H,3-8,10-12H2,1-2H3. The van der Waals surface area contributed by atoms with E-state index in [9.17, 15) is 0 Å². The largest absolute Gasteiger partial charge is 0.380 e. The second kappa shape index (κ2) is 7.23. The Hall–Kier alpha value is -0.420. The quantitative estimate of drug-likeness (QED) is 0.672. The van der Waals surface area contributed by atoms with E-state index in [4.69, 9.17) is 4.74 Å². The predicted octanol–water partition coefficient (Wildman–Crippen LogP) is 3.17. The molecule has 0 spiro atoms. The zero-order valence-electron chi connectivity index (χ0n) is 13.4. The molecule has 4 heteroatoms. The van der Waals surface area contributed by atoms with Crippen LogP contribution in [0, 0.1) is 12.8 Å². The van der Waals surface area contributed by atoms with Gasteiger partial charge in [0.05, 0.1) is 6.61 Å². The minimum Gasteiger partial charge on any atom is -0.380 e. The summed E-state index contributed by atoms with van der Waals surface area (Å²) >= 11 is 1.95. The zero-order valence-corrected chi connectivity index (χ0v) is 14.2. The van der Waals surface area contributed by atoms with Crippen molar-refractivity contribution in [1.82, 2.24) is 10.2 Å². The third-order valence-electron chi connectivity index (χ3n) is 4.32. The van der Waals surface area contributed by atoms with Crippen molar-refractivity contribution in [3.8, 4) is 0 Å². The van der Waals surface area contributed by atoms with E-state index in [0.717, 1.165) is 44.8 Å². The Morgan fingerprint density at radius 3 is 2.86 bits per heavy atom. The van der Waals surface area contributed by atoms with Gasteiger partial charge in [-0.15, -0.1) is 11.3 Å². The van der Waals surface area contributed by atoms with Gasteiger partial charge in [0.25, 0.3) is 0 Å². The van der Waals surface area contributed by atoms with Crippen molar-refractivity contribution in [1.29, 1.82) is 0 Å². The fourth-order valence-corrected chi connectivity index (χ4v) is 3.49. The maximum absolute atomic E-state index is 5.72. The summed E-state index contributed by atoms with van der Waals surface area (Å²) in [6.45, 7) is 7.20. The molecule has 2 aliphatic rings. The normalized spacial score (nSPS) is 18.6. The van der Waals surface area contributed by atoms with Gasteiger partial charge >= 0.3 is 0 Å². The molecule has 3 nitrogen and oxygen atoms in total. The minimum absolute atomic E-state index is 0.794. The summed E-state index contributed by atoms with van der Waals surface area (Å²) in [4.78, 5) is 5.32. The number of nitrogens with one attached hydrogen (secondary N) is 1. The van der Waals surface area contributed by atoms with E-state index in [-0.39, 0.29) is 0 Å². The Labute approximate surface area is 132 Å². The molecule has 1 N–H and O–H groups in total. The molecule has 3 rings (SSSR count). The molecule has 0 unspecified atom stereocenters. The molecule has 1 heterocycles. The van der Waals surface area contributed by atoms with E-state index in [2.05, 4.69) is 30.3 Å². The summed E-state index contributed by atoms with van der Waals surface area (Å²) in [7, 11) is 2.19. The van der Waals surface area contributed by atoms with E-state index in [1.165, 1.54) is 41.0 Å². The first-order valence-corrected chi connectivity index (χ1v) is 9.10. The molecule has 0 amide bonds. The van der Waals surface area contributed by atoms with Crippen molar-refractivity contribution in [2.45, 2.75) is 51.7 Å². The highest BCUT2D eigenvalue weighted by Crippen LogP contribution is 2.28. The van der Waals surface area contributed by atoms with Crippen LogP contribution in [0.15, 0.2) is 6.07 Å². The zero-order chi connectivity index (χ0) is 14.7.